The minimum Gasteiger partial charge on any atom is -0.292 e. The maximum atomic E-state index is 12.4. The Hall–Kier alpha value is -1.55. The molecule has 1 aromatic carbocycles. The Balaban J connectivity index is 2.19. The largest absolute Gasteiger partial charge is 0.292 e. The zero-order chi connectivity index (χ0) is 15.5. The van der Waals surface area contributed by atoms with E-state index in [1.165, 1.54) is 23.7 Å². The topological polar surface area (TPSA) is 101 Å². The zero-order valence-electron chi connectivity index (χ0n) is 11.2. The molecule has 3 N–H and O–H groups in total. The summed E-state index contributed by atoms with van der Waals surface area (Å²) in [7, 11) is -2.14. The number of halogens is 1. The van der Waals surface area contributed by atoms with Gasteiger partial charge in [-0.2, -0.15) is 4.31 Å². The van der Waals surface area contributed by atoms with Gasteiger partial charge in [-0.3, -0.25) is 5.43 Å². The molecule has 1 aromatic heterocycles. The number of nitrogens with zero attached hydrogens (tertiary/aromatic N) is 3. The van der Waals surface area contributed by atoms with Gasteiger partial charge in [0.25, 0.3) is 0 Å². The Kier molecular flexibility index (Phi) is 4.88. The number of anilines is 1. The van der Waals surface area contributed by atoms with Crippen molar-refractivity contribution in [1.82, 2.24) is 14.3 Å². The molecule has 0 atom stereocenters. The van der Waals surface area contributed by atoms with Gasteiger partial charge in [0.1, 0.15) is 4.90 Å². The lowest BCUT2D eigenvalue weighted by molar-refractivity contribution is 0.466. The molecule has 0 radical (unpaired) electrons. The quantitative estimate of drug-likeness (QED) is 0.607. The molecule has 112 valence electrons. The summed E-state index contributed by atoms with van der Waals surface area (Å²) in [5.41, 5.74) is 3.12. The molecule has 1 heterocycles. The van der Waals surface area contributed by atoms with E-state index in [9.17, 15) is 8.42 Å². The maximum Gasteiger partial charge on any atom is 0.246 e. The molecule has 9 heteroatoms. The number of nitrogen functional groups attached to an aromatic ring is 1. The highest BCUT2D eigenvalue weighted by Crippen LogP contribution is 2.17. The molecule has 0 aliphatic carbocycles. The second-order valence-corrected chi connectivity index (χ2v) is 7.23. The number of rotatable bonds is 5. The molecule has 0 saturated carbocycles. The number of hydrogen-bond donors (Lipinski definition) is 2. The highest BCUT2D eigenvalue weighted by Gasteiger charge is 2.21. The van der Waals surface area contributed by atoms with E-state index >= 15 is 0 Å². The van der Waals surface area contributed by atoms with Gasteiger partial charge in [-0.15, -0.1) is 0 Å². The van der Waals surface area contributed by atoms with Crippen molar-refractivity contribution >= 4 is 31.9 Å². The molecule has 21 heavy (non-hydrogen) atoms. The summed E-state index contributed by atoms with van der Waals surface area (Å²) in [5, 5.41) is 0. The SMILES string of the molecule is CN(Cc1ccc(Br)cc1)S(=O)(=O)c1cnc(NN)nc1. The van der Waals surface area contributed by atoms with E-state index in [0.29, 0.717) is 0 Å². The van der Waals surface area contributed by atoms with Gasteiger partial charge in [-0.1, -0.05) is 28.1 Å². The summed E-state index contributed by atoms with van der Waals surface area (Å²) in [6.07, 6.45) is 2.44. The average Bonchev–Trinajstić information content (AvgIpc) is 2.49. The fourth-order valence-electron chi connectivity index (χ4n) is 1.64. The van der Waals surface area contributed by atoms with Gasteiger partial charge in [0.2, 0.25) is 16.0 Å². The van der Waals surface area contributed by atoms with Crippen molar-refractivity contribution in [2.45, 2.75) is 11.4 Å². The first-order valence-corrected chi connectivity index (χ1v) is 8.16. The van der Waals surface area contributed by atoms with Crippen LogP contribution in [-0.4, -0.2) is 29.7 Å². The van der Waals surface area contributed by atoms with Gasteiger partial charge in [0, 0.05) is 18.1 Å². The molecule has 0 saturated heterocycles. The Bertz CT molecular complexity index is 703. The highest BCUT2D eigenvalue weighted by atomic mass is 79.9. The smallest absolute Gasteiger partial charge is 0.246 e. The van der Waals surface area contributed by atoms with Crippen LogP contribution in [0.3, 0.4) is 0 Å². The lowest BCUT2D eigenvalue weighted by Gasteiger charge is -2.17. The lowest BCUT2D eigenvalue weighted by atomic mass is 10.2. The van der Waals surface area contributed by atoms with Gasteiger partial charge in [-0.05, 0) is 17.7 Å². The second-order valence-electron chi connectivity index (χ2n) is 4.27. The van der Waals surface area contributed by atoms with Crippen LogP contribution < -0.4 is 11.3 Å². The molecule has 2 aromatic rings. The van der Waals surface area contributed by atoms with Crippen LogP contribution in [0.5, 0.6) is 0 Å². The van der Waals surface area contributed by atoms with E-state index in [0.717, 1.165) is 10.0 Å². The average molecular weight is 372 g/mol. The number of hydrogen-bond acceptors (Lipinski definition) is 6. The molecule has 0 aliphatic heterocycles. The number of benzene rings is 1. The van der Waals surface area contributed by atoms with Crippen LogP contribution in [0.1, 0.15) is 5.56 Å². The molecule has 7 nitrogen and oxygen atoms in total. The van der Waals surface area contributed by atoms with Crippen molar-refractivity contribution in [3.05, 3.63) is 46.7 Å². The Morgan fingerprint density at radius 3 is 2.33 bits per heavy atom. The predicted octanol–water partition coefficient (Wildman–Crippen LogP) is 1.35. The fourth-order valence-corrected chi connectivity index (χ4v) is 2.95. The summed E-state index contributed by atoms with van der Waals surface area (Å²) < 4.78 is 27.0. The summed E-state index contributed by atoms with van der Waals surface area (Å²) >= 11 is 3.34. The van der Waals surface area contributed by atoms with Gasteiger partial charge < -0.3 is 0 Å². The zero-order valence-corrected chi connectivity index (χ0v) is 13.6. The highest BCUT2D eigenvalue weighted by molar-refractivity contribution is 9.10. The van der Waals surface area contributed by atoms with Crippen molar-refractivity contribution < 1.29 is 8.42 Å². The molecule has 0 aliphatic rings. The predicted molar refractivity (Wildman–Crippen MR) is 82.6 cm³/mol. The molecular formula is C12H14BrN5O2S. The number of sulfonamides is 1. The number of nitrogens with one attached hydrogen (secondary N) is 1. The van der Waals surface area contributed by atoms with Crippen LogP contribution in [0.25, 0.3) is 0 Å². The van der Waals surface area contributed by atoms with Crippen LogP contribution >= 0.6 is 15.9 Å². The summed E-state index contributed by atoms with van der Waals surface area (Å²) in [4.78, 5) is 7.63. The molecule has 0 fully saturated rings. The van der Waals surface area contributed by atoms with Crippen molar-refractivity contribution in [2.24, 2.45) is 5.84 Å². The fraction of sp³-hybridized carbons (Fsp3) is 0.167. The summed E-state index contributed by atoms with van der Waals surface area (Å²) in [5.74, 6) is 5.30. The van der Waals surface area contributed by atoms with E-state index in [1.807, 2.05) is 24.3 Å². The molecule has 0 spiro atoms. The van der Waals surface area contributed by atoms with E-state index in [1.54, 1.807) is 0 Å². The Morgan fingerprint density at radius 1 is 1.24 bits per heavy atom. The van der Waals surface area contributed by atoms with E-state index in [4.69, 9.17) is 5.84 Å². The van der Waals surface area contributed by atoms with Gasteiger partial charge in [0.05, 0.1) is 12.4 Å². The number of hydrazine groups is 1. The lowest BCUT2D eigenvalue weighted by Crippen LogP contribution is -2.27. The Labute approximate surface area is 131 Å². The van der Waals surface area contributed by atoms with Crippen molar-refractivity contribution in [1.29, 1.82) is 0 Å². The first-order valence-electron chi connectivity index (χ1n) is 5.93. The number of aromatic nitrogens is 2. The first-order chi connectivity index (χ1) is 9.93. The van der Waals surface area contributed by atoms with Crippen LogP contribution in [0.15, 0.2) is 46.0 Å². The minimum atomic E-state index is -3.64. The van der Waals surface area contributed by atoms with E-state index in [2.05, 4.69) is 31.3 Å². The number of nitrogens with two attached hydrogens (primary N) is 1. The molecular weight excluding hydrogens is 358 g/mol. The summed E-state index contributed by atoms with van der Waals surface area (Å²) in [6, 6.07) is 7.43. The van der Waals surface area contributed by atoms with Crippen LogP contribution in [0.2, 0.25) is 0 Å². The van der Waals surface area contributed by atoms with Crippen LogP contribution in [0, 0.1) is 0 Å². The maximum absolute atomic E-state index is 12.4. The van der Waals surface area contributed by atoms with E-state index in [-0.39, 0.29) is 17.4 Å². The normalized spacial score (nSPS) is 11.6. The second kappa shape index (κ2) is 6.48. The minimum absolute atomic E-state index is 0.0149. The van der Waals surface area contributed by atoms with Crippen molar-refractivity contribution in [3.8, 4) is 0 Å². The molecule has 2 rings (SSSR count). The van der Waals surface area contributed by atoms with Crippen LogP contribution in [-0.2, 0) is 16.6 Å². The third-order valence-electron chi connectivity index (χ3n) is 2.78. The summed E-state index contributed by atoms with van der Waals surface area (Å²) in [6.45, 7) is 0.256. The third-order valence-corrected chi connectivity index (χ3v) is 5.07. The van der Waals surface area contributed by atoms with Gasteiger partial charge in [0.15, 0.2) is 0 Å². The third kappa shape index (κ3) is 3.76. The first kappa shape index (κ1) is 15.8. The molecule has 0 amide bonds. The monoisotopic (exact) mass is 371 g/mol. The van der Waals surface area contributed by atoms with E-state index < -0.39 is 10.0 Å². The van der Waals surface area contributed by atoms with Crippen LogP contribution in [0.4, 0.5) is 5.95 Å². The van der Waals surface area contributed by atoms with Crippen molar-refractivity contribution in [3.63, 3.8) is 0 Å². The van der Waals surface area contributed by atoms with Gasteiger partial charge >= 0.3 is 0 Å². The van der Waals surface area contributed by atoms with Gasteiger partial charge in [-0.25, -0.2) is 24.2 Å². The van der Waals surface area contributed by atoms with Crippen molar-refractivity contribution in [2.75, 3.05) is 12.5 Å². The molecule has 0 bridgehead atoms. The Morgan fingerprint density at radius 2 is 1.81 bits per heavy atom. The standard InChI is InChI=1S/C12H14BrN5O2S/c1-18(8-9-2-4-10(13)5-3-9)21(19,20)11-6-15-12(17-14)16-7-11/h2-7H,8,14H2,1H3,(H,15,16,17). The molecule has 0 unspecified atom stereocenters.